The first-order valence-corrected chi connectivity index (χ1v) is 10.2. The average Bonchev–Trinajstić information content (AvgIpc) is 2.57. The van der Waals surface area contributed by atoms with Crippen molar-refractivity contribution < 1.29 is 4.79 Å². The molecule has 1 atom stereocenters. The van der Waals surface area contributed by atoms with Gasteiger partial charge in [-0.15, -0.1) is 0 Å². The van der Waals surface area contributed by atoms with Crippen molar-refractivity contribution in [1.29, 1.82) is 0 Å². The third-order valence-electron chi connectivity index (χ3n) is 3.64. The molecule has 0 aliphatic heterocycles. The Morgan fingerprint density at radius 2 is 1.78 bits per heavy atom. The van der Waals surface area contributed by atoms with Crippen LogP contribution in [0.4, 0.5) is 5.69 Å². The van der Waals surface area contributed by atoms with Gasteiger partial charge in [-0.25, -0.2) is 0 Å². The Morgan fingerprint density at radius 1 is 1.11 bits per heavy atom. The van der Waals surface area contributed by atoms with Crippen LogP contribution in [-0.4, -0.2) is 21.0 Å². The number of hydrogen-bond acceptors (Lipinski definition) is 2. The number of benzene rings is 2. The standard InChI is InChI=1S/C18H17BrCl3N3OS/c1-10-7-8-11(2)14(9-10)23-17(27)25-16(18(20,21)22)24-15(26)12-5-3-4-6-13(12)19/h3-9,16H,1-2H3,(H,24,26)(H2,23,25,27)/t16-/m1/s1. The Morgan fingerprint density at radius 3 is 2.41 bits per heavy atom. The lowest BCUT2D eigenvalue weighted by Gasteiger charge is -2.28. The first kappa shape index (κ1) is 22.2. The van der Waals surface area contributed by atoms with Crippen LogP contribution < -0.4 is 16.0 Å². The first-order chi connectivity index (χ1) is 12.6. The molecule has 0 aromatic heterocycles. The highest BCUT2D eigenvalue weighted by atomic mass is 79.9. The van der Waals surface area contributed by atoms with E-state index in [1.165, 1.54) is 0 Å². The summed E-state index contributed by atoms with van der Waals surface area (Å²) in [5.41, 5.74) is 3.32. The molecule has 0 heterocycles. The van der Waals surface area contributed by atoms with Crippen molar-refractivity contribution in [3.05, 3.63) is 63.6 Å². The van der Waals surface area contributed by atoms with E-state index in [0.717, 1.165) is 16.8 Å². The third kappa shape index (κ3) is 6.50. The van der Waals surface area contributed by atoms with Crippen molar-refractivity contribution in [2.45, 2.75) is 23.8 Å². The molecule has 0 spiro atoms. The number of thiocarbonyl (C=S) groups is 1. The van der Waals surface area contributed by atoms with Crippen LogP contribution in [0.1, 0.15) is 21.5 Å². The predicted octanol–water partition coefficient (Wildman–Crippen LogP) is 5.48. The number of carbonyl (C=O) groups excluding carboxylic acids is 1. The molecular weight excluding hydrogens is 493 g/mol. The molecule has 0 fully saturated rings. The van der Waals surface area contributed by atoms with E-state index in [-0.39, 0.29) is 5.11 Å². The minimum Gasteiger partial charge on any atom is -0.339 e. The minimum absolute atomic E-state index is 0.215. The molecule has 9 heteroatoms. The second-order valence-electron chi connectivity index (χ2n) is 5.84. The quantitative estimate of drug-likeness (QED) is 0.290. The van der Waals surface area contributed by atoms with E-state index >= 15 is 0 Å². The van der Waals surface area contributed by atoms with Crippen LogP contribution in [0.5, 0.6) is 0 Å². The van der Waals surface area contributed by atoms with Crippen LogP contribution in [-0.2, 0) is 0 Å². The minimum atomic E-state index is -1.83. The summed E-state index contributed by atoms with van der Waals surface area (Å²) in [4.78, 5) is 12.5. The van der Waals surface area contributed by atoms with Gasteiger partial charge >= 0.3 is 0 Å². The SMILES string of the molecule is Cc1ccc(C)c(NC(=S)N[C@@H](NC(=O)c2ccccc2Br)C(Cl)(Cl)Cl)c1. The largest absolute Gasteiger partial charge is 0.339 e. The highest BCUT2D eigenvalue weighted by Crippen LogP contribution is 2.30. The van der Waals surface area contributed by atoms with E-state index in [4.69, 9.17) is 47.0 Å². The van der Waals surface area contributed by atoms with Crippen LogP contribution in [0.2, 0.25) is 0 Å². The van der Waals surface area contributed by atoms with Gasteiger partial charge in [-0.05, 0) is 71.3 Å². The second-order valence-corrected chi connectivity index (χ2v) is 9.48. The number of halogens is 4. The van der Waals surface area contributed by atoms with Gasteiger partial charge in [0.25, 0.3) is 5.91 Å². The van der Waals surface area contributed by atoms with Crippen LogP contribution in [0.3, 0.4) is 0 Å². The summed E-state index contributed by atoms with van der Waals surface area (Å²) in [6.45, 7) is 3.93. The summed E-state index contributed by atoms with van der Waals surface area (Å²) in [6, 6.07) is 12.9. The van der Waals surface area contributed by atoms with Gasteiger partial charge in [-0.2, -0.15) is 0 Å². The number of rotatable bonds is 4. The number of carbonyl (C=O) groups is 1. The molecule has 0 aliphatic carbocycles. The number of amides is 1. The topological polar surface area (TPSA) is 53.2 Å². The van der Waals surface area contributed by atoms with Crippen molar-refractivity contribution >= 4 is 79.7 Å². The van der Waals surface area contributed by atoms with Crippen molar-refractivity contribution in [3.63, 3.8) is 0 Å². The summed E-state index contributed by atoms with van der Waals surface area (Å²) >= 11 is 26.7. The van der Waals surface area contributed by atoms with Gasteiger partial charge < -0.3 is 16.0 Å². The Kier molecular flexibility index (Phi) is 7.77. The lowest BCUT2D eigenvalue weighted by Crippen LogP contribution is -2.56. The molecule has 27 heavy (non-hydrogen) atoms. The van der Waals surface area contributed by atoms with Crippen LogP contribution in [0.15, 0.2) is 46.9 Å². The Hall–Kier alpha value is -1.05. The van der Waals surface area contributed by atoms with Gasteiger partial charge in [-0.1, -0.05) is 59.1 Å². The molecule has 0 radical (unpaired) electrons. The Labute approximate surface area is 187 Å². The fourth-order valence-electron chi connectivity index (χ4n) is 2.21. The van der Waals surface area contributed by atoms with E-state index in [1.54, 1.807) is 24.3 Å². The molecule has 2 rings (SSSR count). The summed E-state index contributed by atoms with van der Waals surface area (Å²) in [5.74, 6) is -0.416. The number of hydrogen-bond donors (Lipinski definition) is 3. The average molecular weight is 510 g/mol. The maximum atomic E-state index is 12.5. The highest BCUT2D eigenvalue weighted by Gasteiger charge is 2.35. The van der Waals surface area contributed by atoms with Crippen molar-refractivity contribution in [1.82, 2.24) is 10.6 Å². The fourth-order valence-corrected chi connectivity index (χ4v) is 3.23. The monoisotopic (exact) mass is 507 g/mol. The molecule has 0 bridgehead atoms. The van der Waals surface area contributed by atoms with Crippen molar-refractivity contribution in [2.24, 2.45) is 0 Å². The van der Waals surface area contributed by atoms with Gasteiger partial charge in [0.1, 0.15) is 6.17 Å². The highest BCUT2D eigenvalue weighted by molar-refractivity contribution is 9.10. The molecule has 0 saturated heterocycles. The Balaban J connectivity index is 2.12. The zero-order valence-electron chi connectivity index (χ0n) is 14.4. The van der Waals surface area contributed by atoms with Crippen LogP contribution in [0, 0.1) is 13.8 Å². The molecule has 0 saturated carbocycles. The van der Waals surface area contributed by atoms with E-state index in [9.17, 15) is 4.79 Å². The first-order valence-electron chi connectivity index (χ1n) is 7.85. The van der Waals surface area contributed by atoms with Crippen molar-refractivity contribution in [3.8, 4) is 0 Å². The number of nitrogens with one attached hydrogen (secondary N) is 3. The molecule has 144 valence electrons. The lowest BCUT2D eigenvalue weighted by atomic mass is 10.1. The Bertz CT molecular complexity index is 858. The second kappa shape index (κ2) is 9.43. The molecular formula is C18H17BrCl3N3OS. The maximum absolute atomic E-state index is 12.5. The van der Waals surface area contributed by atoms with Gasteiger partial charge in [0.15, 0.2) is 5.11 Å². The van der Waals surface area contributed by atoms with Gasteiger partial charge in [-0.3, -0.25) is 4.79 Å². The molecule has 1 amide bonds. The molecule has 2 aromatic carbocycles. The maximum Gasteiger partial charge on any atom is 0.254 e. The normalized spacial score (nSPS) is 12.2. The predicted molar refractivity (Wildman–Crippen MR) is 121 cm³/mol. The van der Waals surface area contributed by atoms with E-state index in [2.05, 4.69) is 31.9 Å². The molecule has 2 aromatic rings. The van der Waals surface area contributed by atoms with Gasteiger partial charge in [0.2, 0.25) is 3.79 Å². The summed E-state index contributed by atoms with van der Waals surface area (Å²) < 4.78 is -1.20. The molecule has 3 N–H and O–H groups in total. The zero-order chi connectivity index (χ0) is 20.2. The molecule has 4 nitrogen and oxygen atoms in total. The number of anilines is 1. The number of alkyl halides is 3. The number of aryl methyl sites for hydroxylation is 2. The molecule has 0 aliphatic rings. The van der Waals surface area contributed by atoms with E-state index in [0.29, 0.717) is 10.0 Å². The summed E-state index contributed by atoms with van der Waals surface area (Å²) in [7, 11) is 0. The van der Waals surface area contributed by atoms with Gasteiger partial charge in [0.05, 0.1) is 5.56 Å². The summed E-state index contributed by atoms with van der Waals surface area (Å²) in [6.07, 6.45) is -1.05. The van der Waals surface area contributed by atoms with Crippen LogP contribution >= 0.6 is 63.0 Å². The van der Waals surface area contributed by atoms with Gasteiger partial charge in [0, 0.05) is 10.2 Å². The zero-order valence-corrected chi connectivity index (χ0v) is 19.1. The third-order valence-corrected chi connectivity index (χ3v) is 5.20. The van der Waals surface area contributed by atoms with Crippen molar-refractivity contribution in [2.75, 3.05) is 5.32 Å². The summed E-state index contributed by atoms with van der Waals surface area (Å²) in [5, 5.41) is 8.78. The fraction of sp³-hybridized carbons (Fsp3) is 0.222. The van der Waals surface area contributed by atoms with E-state index < -0.39 is 15.9 Å². The lowest BCUT2D eigenvalue weighted by molar-refractivity contribution is 0.0934. The van der Waals surface area contributed by atoms with E-state index in [1.807, 2.05) is 32.0 Å². The smallest absolute Gasteiger partial charge is 0.254 e. The van der Waals surface area contributed by atoms with Crippen LogP contribution in [0.25, 0.3) is 0 Å². The molecule has 0 unspecified atom stereocenters.